The van der Waals surface area contributed by atoms with E-state index in [9.17, 15) is 9.90 Å². The minimum absolute atomic E-state index is 0.152. The van der Waals surface area contributed by atoms with E-state index in [0.29, 0.717) is 30.1 Å². The Hall–Kier alpha value is -1.92. The van der Waals surface area contributed by atoms with Crippen LogP contribution in [-0.4, -0.2) is 40.2 Å². The zero-order chi connectivity index (χ0) is 18.1. The first kappa shape index (κ1) is 17.5. The molecule has 4 rings (SSSR count). The van der Waals surface area contributed by atoms with Crippen LogP contribution in [-0.2, 0) is 12.8 Å². The number of carbonyl (C=O) groups excluding carboxylic acids is 1. The van der Waals surface area contributed by atoms with Gasteiger partial charge in [0.15, 0.2) is 5.13 Å². The summed E-state index contributed by atoms with van der Waals surface area (Å²) in [5.41, 5.74) is 2.51. The zero-order valence-corrected chi connectivity index (χ0v) is 15.8. The number of thiazole rings is 1. The molecule has 2 N–H and O–H groups in total. The van der Waals surface area contributed by atoms with E-state index in [2.05, 4.69) is 47.6 Å². The van der Waals surface area contributed by atoms with Crippen LogP contribution in [0.4, 0.5) is 9.93 Å². The molecule has 1 aromatic heterocycles. The maximum absolute atomic E-state index is 12.5. The van der Waals surface area contributed by atoms with Gasteiger partial charge in [-0.2, -0.15) is 0 Å². The van der Waals surface area contributed by atoms with Gasteiger partial charge in [0.2, 0.25) is 0 Å². The normalized spacial score (nSPS) is 25.6. The van der Waals surface area contributed by atoms with Crippen molar-refractivity contribution >= 4 is 22.5 Å². The van der Waals surface area contributed by atoms with E-state index in [-0.39, 0.29) is 6.03 Å². The van der Waals surface area contributed by atoms with Gasteiger partial charge >= 0.3 is 6.03 Å². The van der Waals surface area contributed by atoms with E-state index in [1.54, 1.807) is 16.2 Å². The summed E-state index contributed by atoms with van der Waals surface area (Å²) in [6, 6.07) is 10.5. The summed E-state index contributed by atoms with van der Waals surface area (Å²) in [6.45, 7) is 3.15. The second kappa shape index (κ2) is 7.37. The van der Waals surface area contributed by atoms with Crippen molar-refractivity contribution in [3.8, 4) is 0 Å². The number of aromatic nitrogens is 1. The lowest BCUT2D eigenvalue weighted by Crippen LogP contribution is -2.47. The van der Waals surface area contributed by atoms with E-state index in [0.717, 1.165) is 31.4 Å². The van der Waals surface area contributed by atoms with Crippen LogP contribution in [0.2, 0.25) is 0 Å². The Bertz CT molecular complexity index is 767. The lowest BCUT2D eigenvalue weighted by molar-refractivity contribution is 0.0640. The molecule has 1 aliphatic carbocycles. The predicted molar refractivity (Wildman–Crippen MR) is 104 cm³/mol. The van der Waals surface area contributed by atoms with Gasteiger partial charge in [0.25, 0.3) is 0 Å². The van der Waals surface area contributed by atoms with Crippen LogP contribution in [0.5, 0.6) is 0 Å². The molecule has 0 saturated carbocycles. The van der Waals surface area contributed by atoms with Crippen molar-refractivity contribution in [1.29, 1.82) is 0 Å². The van der Waals surface area contributed by atoms with Gasteiger partial charge in [0, 0.05) is 18.0 Å². The van der Waals surface area contributed by atoms with Crippen molar-refractivity contribution in [2.24, 2.45) is 5.92 Å². The standard InChI is InChI=1S/C20H25N3O2S/c1-13-9-16(24)12-23(11-13)20(25)22-19-21-17-8-7-15(10-18(17)26-19)14-5-3-2-4-6-14/h2-6,13,15-16,24H,7-12H2,1H3,(H,21,22,25)/t13-,15?,16+/m1/s1. The number of carbonyl (C=O) groups is 1. The molecule has 1 saturated heterocycles. The number of hydrogen-bond donors (Lipinski definition) is 2. The summed E-state index contributed by atoms with van der Waals surface area (Å²) < 4.78 is 0. The number of nitrogens with zero attached hydrogens (tertiary/aromatic N) is 2. The molecule has 138 valence electrons. The molecule has 3 atom stereocenters. The molecule has 0 bridgehead atoms. The van der Waals surface area contributed by atoms with Crippen LogP contribution >= 0.6 is 11.3 Å². The first-order valence-corrected chi connectivity index (χ1v) is 10.2. The lowest BCUT2D eigenvalue weighted by Gasteiger charge is -2.33. The molecule has 1 aromatic carbocycles. The minimum atomic E-state index is -0.430. The SMILES string of the molecule is C[C@@H]1C[C@H](O)CN(C(=O)Nc2nc3c(s2)CC(c2ccccc2)CC3)C1. The highest BCUT2D eigenvalue weighted by Gasteiger charge is 2.28. The Labute approximate surface area is 158 Å². The summed E-state index contributed by atoms with van der Waals surface area (Å²) >= 11 is 1.60. The molecular formula is C20H25N3O2S. The van der Waals surface area contributed by atoms with Gasteiger partial charge in [0.1, 0.15) is 0 Å². The van der Waals surface area contributed by atoms with Gasteiger partial charge in [-0.05, 0) is 43.1 Å². The Balaban J connectivity index is 1.42. The van der Waals surface area contributed by atoms with Gasteiger partial charge in [-0.1, -0.05) is 37.3 Å². The predicted octanol–water partition coefficient (Wildman–Crippen LogP) is 3.65. The largest absolute Gasteiger partial charge is 0.391 e. The second-order valence-corrected chi connectivity index (χ2v) is 8.65. The van der Waals surface area contributed by atoms with Crippen LogP contribution < -0.4 is 5.32 Å². The highest BCUT2D eigenvalue weighted by Crippen LogP contribution is 2.37. The summed E-state index contributed by atoms with van der Waals surface area (Å²) in [5.74, 6) is 0.853. The second-order valence-electron chi connectivity index (χ2n) is 7.57. The highest BCUT2D eigenvalue weighted by atomic mass is 32.1. The summed E-state index contributed by atoms with van der Waals surface area (Å²) in [5, 5.41) is 13.5. The number of benzene rings is 1. The minimum Gasteiger partial charge on any atom is -0.391 e. The number of amides is 2. The maximum atomic E-state index is 12.5. The number of fused-ring (bicyclic) bond motifs is 1. The fourth-order valence-electron chi connectivity index (χ4n) is 4.09. The van der Waals surface area contributed by atoms with Crippen LogP contribution in [0.15, 0.2) is 30.3 Å². The quantitative estimate of drug-likeness (QED) is 0.847. The molecule has 26 heavy (non-hydrogen) atoms. The van der Waals surface area contributed by atoms with E-state index in [1.165, 1.54) is 10.4 Å². The number of hydrogen-bond acceptors (Lipinski definition) is 4. The monoisotopic (exact) mass is 371 g/mol. The third-order valence-electron chi connectivity index (χ3n) is 5.35. The van der Waals surface area contributed by atoms with Crippen molar-refractivity contribution < 1.29 is 9.90 Å². The van der Waals surface area contributed by atoms with E-state index in [4.69, 9.17) is 0 Å². The average Bonchev–Trinajstić information content (AvgIpc) is 3.03. The number of aryl methyl sites for hydroxylation is 1. The summed E-state index contributed by atoms with van der Waals surface area (Å²) in [4.78, 5) is 20.2. The average molecular weight is 372 g/mol. The topological polar surface area (TPSA) is 65.5 Å². The smallest absolute Gasteiger partial charge is 0.323 e. The first-order chi connectivity index (χ1) is 12.6. The number of anilines is 1. The van der Waals surface area contributed by atoms with Crippen molar-refractivity contribution in [2.45, 2.75) is 44.6 Å². The maximum Gasteiger partial charge on any atom is 0.323 e. The molecule has 5 nitrogen and oxygen atoms in total. The van der Waals surface area contributed by atoms with E-state index < -0.39 is 6.10 Å². The molecule has 1 unspecified atom stereocenters. The number of nitrogens with one attached hydrogen (secondary N) is 1. The molecule has 2 aliphatic rings. The van der Waals surface area contributed by atoms with Gasteiger partial charge in [-0.15, -0.1) is 11.3 Å². The lowest BCUT2D eigenvalue weighted by atomic mass is 9.85. The molecule has 0 spiro atoms. The number of β-amino-alcohol motifs (C(OH)–C–C–N with tert-alkyl or cyclic N) is 1. The molecule has 2 amide bonds. The van der Waals surface area contributed by atoms with Crippen molar-refractivity contribution in [1.82, 2.24) is 9.88 Å². The van der Waals surface area contributed by atoms with Crippen molar-refractivity contribution in [2.75, 3.05) is 18.4 Å². The molecule has 0 radical (unpaired) electrons. The fraction of sp³-hybridized carbons (Fsp3) is 0.500. The van der Waals surface area contributed by atoms with Crippen LogP contribution in [0.25, 0.3) is 0 Å². The Morgan fingerprint density at radius 3 is 2.88 bits per heavy atom. The fourth-order valence-corrected chi connectivity index (χ4v) is 5.17. The van der Waals surface area contributed by atoms with E-state index >= 15 is 0 Å². The molecule has 2 aromatic rings. The molecule has 1 aliphatic heterocycles. The number of aliphatic hydroxyl groups is 1. The van der Waals surface area contributed by atoms with Crippen LogP contribution in [0.3, 0.4) is 0 Å². The third-order valence-corrected chi connectivity index (χ3v) is 6.38. The zero-order valence-electron chi connectivity index (χ0n) is 15.0. The van der Waals surface area contributed by atoms with Crippen molar-refractivity contribution in [3.05, 3.63) is 46.5 Å². The molecule has 2 heterocycles. The number of aliphatic hydroxyl groups excluding tert-OH is 1. The summed E-state index contributed by atoms with van der Waals surface area (Å²) in [6.07, 6.45) is 3.38. The van der Waals surface area contributed by atoms with Crippen molar-refractivity contribution in [3.63, 3.8) is 0 Å². The molecule has 1 fully saturated rings. The third kappa shape index (κ3) is 3.76. The van der Waals surface area contributed by atoms with Crippen LogP contribution in [0, 0.1) is 5.92 Å². The Morgan fingerprint density at radius 1 is 1.31 bits per heavy atom. The summed E-state index contributed by atoms with van der Waals surface area (Å²) in [7, 11) is 0. The van der Waals surface area contributed by atoms with Crippen LogP contribution in [0.1, 0.15) is 41.8 Å². The molecule has 6 heteroatoms. The van der Waals surface area contributed by atoms with Gasteiger partial charge in [0.05, 0.1) is 11.8 Å². The highest BCUT2D eigenvalue weighted by molar-refractivity contribution is 7.15. The van der Waals surface area contributed by atoms with Gasteiger partial charge in [-0.3, -0.25) is 5.32 Å². The van der Waals surface area contributed by atoms with Gasteiger partial charge in [-0.25, -0.2) is 9.78 Å². The Morgan fingerprint density at radius 2 is 2.12 bits per heavy atom. The van der Waals surface area contributed by atoms with E-state index in [1.807, 2.05) is 0 Å². The number of rotatable bonds is 2. The number of urea groups is 1. The first-order valence-electron chi connectivity index (χ1n) is 9.36. The van der Waals surface area contributed by atoms with Gasteiger partial charge < -0.3 is 10.0 Å². The number of likely N-dealkylation sites (tertiary alicyclic amines) is 1. The Kier molecular flexibility index (Phi) is 4.96. The number of piperidine rings is 1. The molecular weight excluding hydrogens is 346 g/mol.